The lowest BCUT2D eigenvalue weighted by Gasteiger charge is -2.08. The van der Waals surface area contributed by atoms with Crippen LogP contribution in [0.1, 0.15) is 5.56 Å². The molecule has 0 heterocycles. The fraction of sp³-hybridized carbons (Fsp3) is 0.188. The Balaban J connectivity index is 1.79. The zero-order chi connectivity index (χ0) is 15.1. The maximum absolute atomic E-state index is 11.7. The third-order valence-electron chi connectivity index (χ3n) is 2.92. The van der Waals surface area contributed by atoms with Crippen molar-refractivity contribution in [1.82, 2.24) is 5.32 Å². The van der Waals surface area contributed by atoms with Crippen LogP contribution in [0.5, 0.6) is 5.75 Å². The van der Waals surface area contributed by atoms with Gasteiger partial charge in [0.1, 0.15) is 5.75 Å². The van der Waals surface area contributed by atoms with E-state index in [0.717, 1.165) is 17.7 Å². The molecule has 0 saturated heterocycles. The van der Waals surface area contributed by atoms with Crippen molar-refractivity contribution in [1.29, 1.82) is 0 Å². The first-order valence-electron chi connectivity index (χ1n) is 6.61. The van der Waals surface area contributed by atoms with Gasteiger partial charge in [0.25, 0.3) is 0 Å². The van der Waals surface area contributed by atoms with Crippen LogP contribution in [0.3, 0.4) is 0 Å². The van der Waals surface area contributed by atoms with Crippen LogP contribution in [-0.4, -0.2) is 19.7 Å². The second-order valence-corrected chi connectivity index (χ2v) is 4.93. The molecule has 21 heavy (non-hydrogen) atoms. The molecule has 0 radical (unpaired) electrons. The number of anilines is 1. The molecule has 110 valence electrons. The van der Waals surface area contributed by atoms with Crippen LogP contribution in [-0.2, 0) is 6.42 Å². The Bertz CT molecular complexity index is 617. The van der Waals surface area contributed by atoms with E-state index in [4.69, 9.17) is 16.3 Å². The lowest BCUT2D eigenvalue weighted by atomic mass is 10.1. The summed E-state index contributed by atoms with van der Waals surface area (Å²) in [6.07, 6.45) is 0.736. The molecule has 2 rings (SSSR count). The molecule has 0 bridgehead atoms. The Hall–Kier alpha value is -2.20. The summed E-state index contributed by atoms with van der Waals surface area (Å²) in [6, 6.07) is 14.6. The summed E-state index contributed by atoms with van der Waals surface area (Å²) in [5.41, 5.74) is 1.78. The monoisotopic (exact) mass is 304 g/mol. The molecule has 4 nitrogen and oxygen atoms in total. The van der Waals surface area contributed by atoms with E-state index >= 15 is 0 Å². The lowest BCUT2D eigenvalue weighted by Crippen LogP contribution is -2.30. The number of ether oxygens (including phenoxy) is 1. The van der Waals surface area contributed by atoms with Gasteiger partial charge in [-0.1, -0.05) is 29.8 Å². The van der Waals surface area contributed by atoms with Crippen molar-refractivity contribution >= 4 is 23.3 Å². The van der Waals surface area contributed by atoms with Gasteiger partial charge in [-0.3, -0.25) is 0 Å². The number of carbonyl (C=O) groups is 1. The van der Waals surface area contributed by atoms with E-state index in [1.165, 1.54) is 0 Å². The first-order valence-corrected chi connectivity index (χ1v) is 6.98. The normalized spacial score (nSPS) is 10.0. The molecule has 0 atom stereocenters. The van der Waals surface area contributed by atoms with Gasteiger partial charge in [-0.2, -0.15) is 0 Å². The highest BCUT2D eigenvalue weighted by Crippen LogP contribution is 2.15. The number of carbonyl (C=O) groups excluding carboxylic acids is 1. The van der Waals surface area contributed by atoms with Crippen molar-refractivity contribution in [3.05, 3.63) is 59.1 Å². The zero-order valence-corrected chi connectivity index (χ0v) is 12.5. The van der Waals surface area contributed by atoms with Crippen molar-refractivity contribution < 1.29 is 9.53 Å². The third kappa shape index (κ3) is 5.00. The molecule has 0 aliphatic heterocycles. The highest BCUT2D eigenvalue weighted by Gasteiger charge is 2.02. The van der Waals surface area contributed by atoms with Crippen LogP contribution in [0.2, 0.25) is 5.02 Å². The van der Waals surface area contributed by atoms with Gasteiger partial charge in [0.2, 0.25) is 0 Å². The van der Waals surface area contributed by atoms with Crippen LogP contribution >= 0.6 is 11.6 Å². The number of benzene rings is 2. The van der Waals surface area contributed by atoms with Crippen molar-refractivity contribution in [2.75, 3.05) is 19.0 Å². The zero-order valence-electron chi connectivity index (χ0n) is 11.7. The molecule has 0 aromatic heterocycles. The molecule has 0 unspecified atom stereocenters. The molecular weight excluding hydrogens is 288 g/mol. The summed E-state index contributed by atoms with van der Waals surface area (Å²) >= 11 is 5.86. The van der Waals surface area contributed by atoms with Gasteiger partial charge >= 0.3 is 6.03 Å². The fourth-order valence-corrected chi connectivity index (χ4v) is 2.08. The Morgan fingerprint density at radius 2 is 2.00 bits per heavy atom. The van der Waals surface area contributed by atoms with E-state index in [-0.39, 0.29) is 6.03 Å². The molecule has 5 heteroatoms. The largest absolute Gasteiger partial charge is 0.497 e. The van der Waals surface area contributed by atoms with Gasteiger partial charge in [0.15, 0.2) is 0 Å². The standard InChI is InChI=1S/C16H17ClN2O2/c1-21-15-7-2-4-12(10-15)8-9-18-16(20)19-14-6-3-5-13(17)11-14/h2-7,10-11H,8-9H2,1H3,(H2,18,19,20). The number of hydrogen-bond acceptors (Lipinski definition) is 2. The predicted octanol–water partition coefficient (Wildman–Crippen LogP) is 3.71. The Kier molecular flexibility index (Phi) is 5.46. The summed E-state index contributed by atoms with van der Waals surface area (Å²) in [4.78, 5) is 11.7. The quantitative estimate of drug-likeness (QED) is 0.884. The molecule has 0 saturated carbocycles. The van der Waals surface area contributed by atoms with Crippen LogP contribution in [0, 0.1) is 0 Å². The van der Waals surface area contributed by atoms with Crippen LogP contribution < -0.4 is 15.4 Å². The maximum Gasteiger partial charge on any atom is 0.319 e. The van der Waals surface area contributed by atoms with Crippen molar-refractivity contribution in [3.63, 3.8) is 0 Å². The van der Waals surface area contributed by atoms with E-state index in [1.54, 1.807) is 31.4 Å². The third-order valence-corrected chi connectivity index (χ3v) is 3.15. The second-order valence-electron chi connectivity index (χ2n) is 4.49. The predicted molar refractivity (Wildman–Crippen MR) is 85.2 cm³/mol. The molecule has 0 spiro atoms. The number of urea groups is 1. The first kappa shape index (κ1) is 15.2. The van der Waals surface area contributed by atoms with Crippen LogP contribution in [0.15, 0.2) is 48.5 Å². The van der Waals surface area contributed by atoms with E-state index in [2.05, 4.69) is 10.6 Å². The van der Waals surface area contributed by atoms with Crippen LogP contribution in [0.25, 0.3) is 0 Å². The lowest BCUT2D eigenvalue weighted by molar-refractivity contribution is 0.252. The van der Waals surface area contributed by atoms with Gasteiger partial charge in [0, 0.05) is 17.3 Å². The highest BCUT2D eigenvalue weighted by atomic mass is 35.5. The topological polar surface area (TPSA) is 50.4 Å². The number of rotatable bonds is 5. The Labute approximate surface area is 129 Å². The molecule has 0 aliphatic rings. The van der Waals surface area contributed by atoms with E-state index in [0.29, 0.717) is 17.3 Å². The SMILES string of the molecule is COc1cccc(CCNC(=O)Nc2cccc(Cl)c2)c1. The average Bonchev–Trinajstić information content (AvgIpc) is 2.47. The first-order chi connectivity index (χ1) is 10.2. The van der Waals surface area contributed by atoms with Gasteiger partial charge in [-0.15, -0.1) is 0 Å². The number of nitrogens with one attached hydrogen (secondary N) is 2. The summed E-state index contributed by atoms with van der Waals surface area (Å²) in [5, 5.41) is 6.12. The number of methoxy groups -OCH3 is 1. The Morgan fingerprint density at radius 3 is 2.76 bits per heavy atom. The van der Waals surface area contributed by atoms with Crippen LogP contribution in [0.4, 0.5) is 10.5 Å². The van der Waals surface area contributed by atoms with Gasteiger partial charge in [0.05, 0.1) is 7.11 Å². The fourth-order valence-electron chi connectivity index (χ4n) is 1.89. The smallest absolute Gasteiger partial charge is 0.319 e. The van der Waals surface area contributed by atoms with Gasteiger partial charge in [-0.05, 0) is 42.3 Å². The molecule has 0 aliphatic carbocycles. The maximum atomic E-state index is 11.7. The highest BCUT2D eigenvalue weighted by molar-refractivity contribution is 6.30. The summed E-state index contributed by atoms with van der Waals surface area (Å²) < 4.78 is 5.16. The van der Waals surface area contributed by atoms with E-state index in [1.807, 2.05) is 24.3 Å². The Morgan fingerprint density at radius 1 is 1.19 bits per heavy atom. The van der Waals surface area contributed by atoms with E-state index in [9.17, 15) is 4.79 Å². The van der Waals surface area contributed by atoms with Gasteiger partial charge < -0.3 is 15.4 Å². The van der Waals surface area contributed by atoms with Crippen molar-refractivity contribution in [2.24, 2.45) is 0 Å². The van der Waals surface area contributed by atoms with Crippen molar-refractivity contribution in [3.8, 4) is 5.75 Å². The molecule has 0 fully saturated rings. The minimum absolute atomic E-state index is 0.250. The minimum Gasteiger partial charge on any atom is -0.497 e. The summed E-state index contributed by atoms with van der Waals surface area (Å²) in [5.74, 6) is 0.816. The molecule has 2 N–H and O–H groups in total. The summed E-state index contributed by atoms with van der Waals surface area (Å²) in [6.45, 7) is 0.541. The molecule has 2 aromatic carbocycles. The van der Waals surface area contributed by atoms with Crippen molar-refractivity contribution in [2.45, 2.75) is 6.42 Å². The number of hydrogen-bond donors (Lipinski definition) is 2. The average molecular weight is 305 g/mol. The molecular formula is C16H17ClN2O2. The second kappa shape index (κ2) is 7.55. The van der Waals surface area contributed by atoms with E-state index < -0.39 is 0 Å². The summed E-state index contributed by atoms with van der Waals surface area (Å²) in [7, 11) is 1.63. The number of halogens is 1. The van der Waals surface area contributed by atoms with Gasteiger partial charge in [-0.25, -0.2) is 4.79 Å². The number of amides is 2. The molecule has 2 aromatic rings. The minimum atomic E-state index is -0.250. The molecule has 2 amide bonds.